The molecule has 0 radical (unpaired) electrons. The third-order valence-electron chi connectivity index (χ3n) is 2.37. The van der Waals surface area contributed by atoms with Gasteiger partial charge in [-0.2, -0.15) is 0 Å². The first-order chi connectivity index (χ1) is 8.62. The number of rotatable bonds is 4. The molecule has 0 saturated heterocycles. The molecule has 0 N–H and O–H groups in total. The fraction of sp³-hybridized carbons (Fsp3) is 0.0769. The van der Waals surface area contributed by atoms with Gasteiger partial charge >= 0.3 is 0 Å². The van der Waals surface area contributed by atoms with E-state index in [2.05, 4.69) is 12.2 Å². The second-order valence-electron chi connectivity index (χ2n) is 3.62. The summed E-state index contributed by atoms with van der Waals surface area (Å²) in [6, 6.07) is 17.0. The number of benzene rings is 2. The van der Waals surface area contributed by atoms with Crippen molar-refractivity contribution >= 4 is 34.8 Å². The van der Waals surface area contributed by atoms with Gasteiger partial charge in [-0.15, -0.1) is 0 Å². The molecule has 1 atom stereocenters. The average Bonchev–Trinajstić information content (AvgIpc) is 2.39. The lowest BCUT2D eigenvalue weighted by Gasteiger charge is -2.18. The van der Waals surface area contributed by atoms with Crippen LogP contribution in [0.15, 0.2) is 54.6 Å². The lowest BCUT2D eigenvalue weighted by Crippen LogP contribution is -2.04. The average molecular weight is 296 g/mol. The second kappa shape index (κ2) is 5.79. The predicted octanol–water partition coefficient (Wildman–Crippen LogP) is 3.64. The van der Waals surface area contributed by atoms with Crippen molar-refractivity contribution in [2.75, 3.05) is 7.11 Å². The van der Waals surface area contributed by atoms with Gasteiger partial charge in [0, 0.05) is 5.30 Å². The van der Waals surface area contributed by atoms with Crippen LogP contribution in [0.3, 0.4) is 0 Å². The Morgan fingerprint density at radius 3 is 2.11 bits per heavy atom. The predicted molar refractivity (Wildman–Crippen MR) is 83.0 cm³/mol. The Balaban J connectivity index is 2.22. The summed E-state index contributed by atoms with van der Waals surface area (Å²) in [6.45, 7) is 0. The topological polar surface area (TPSA) is 18.5 Å². The minimum atomic E-state index is -2.32. The Bertz CT molecular complexity index is 555. The zero-order valence-electron chi connectivity index (χ0n) is 9.82. The number of methoxy groups -OCH3 is 1. The lowest BCUT2D eigenvalue weighted by atomic mass is 10.3. The molecule has 0 amide bonds. The van der Waals surface area contributed by atoms with E-state index in [0.717, 1.165) is 16.8 Å². The normalized spacial score (nSPS) is 13.7. The van der Waals surface area contributed by atoms with Crippen molar-refractivity contribution in [3.8, 4) is 11.5 Å². The van der Waals surface area contributed by atoms with E-state index in [-0.39, 0.29) is 0 Å². The number of hydrogen-bond acceptors (Lipinski definition) is 3. The van der Waals surface area contributed by atoms with E-state index >= 15 is 0 Å². The Morgan fingerprint density at radius 1 is 0.944 bits per heavy atom. The monoisotopic (exact) mass is 296 g/mol. The van der Waals surface area contributed by atoms with Crippen molar-refractivity contribution in [1.82, 2.24) is 0 Å². The van der Waals surface area contributed by atoms with Crippen molar-refractivity contribution in [2.45, 2.75) is 0 Å². The van der Waals surface area contributed by atoms with Crippen LogP contribution in [-0.2, 0) is 11.8 Å². The maximum Gasteiger partial charge on any atom is 0.193 e. The second-order valence-corrected chi connectivity index (χ2v) is 9.41. The fourth-order valence-electron chi connectivity index (χ4n) is 1.45. The summed E-state index contributed by atoms with van der Waals surface area (Å²) < 4.78 is 10.9. The molecule has 2 nitrogen and oxygen atoms in total. The highest BCUT2D eigenvalue weighted by atomic mass is 32.9. The Morgan fingerprint density at radius 2 is 1.56 bits per heavy atom. The van der Waals surface area contributed by atoms with E-state index in [9.17, 15) is 0 Å². The highest BCUT2D eigenvalue weighted by Crippen LogP contribution is 2.50. The summed E-state index contributed by atoms with van der Waals surface area (Å²) in [6.07, 6.45) is 0. The molecule has 2 aromatic carbocycles. The number of hydrogen-bond donors (Lipinski definition) is 1. The Labute approximate surface area is 117 Å². The van der Waals surface area contributed by atoms with E-state index in [1.165, 1.54) is 0 Å². The molecule has 2 aromatic rings. The zero-order chi connectivity index (χ0) is 13.0. The molecule has 0 spiro atoms. The highest BCUT2D eigenvalue weighted by molar-refractivity contribution is 8.64. The van der Waals surface area contributed by atoms with Gasteiger partial charge < -0.3 is 9.26 Å². The summed E-state index contributed by atoms with van der Waals surface area (Å²) in [7, 11) is 1.63. The van der Waals surface area contributed by atoms with Gasteiger partial charge in [0.05, 0.1) is 7.11 Å². The molecule has 0 aliphatic carbocycles. The van der Waals surface area contributed by atoms with Gasteiger partial charge in [0.25, 0.3) is 0 Å². The molecule has 0 aliphatic rings. The first kappa shape index (κ1) is 13.5. The summed E-state index contributed by atoms with van der Waals surface area (Å²) >= 11 is 10.00. The Hall–Kier alpha value is -0.960. The standard InChI is InChI=1S/C13H13O2PS2/c1-14-11-7-9-13(10-8-11)16(17,18)15-12-5-3-2-4-6-12/h2-10H,1H3,(H,17,18). The molecule has 0 saturated carbocycles. The van der Waals surface area contributed by atoms with Crippen LogP contribution in [0.2, 0.25) is 0 Å². The first-order valence-electron chi connectivity index (χ1n) is 5.34. The van der Waals surface area contributed by atoms with Gasteiger partial charge in [0.1, 0.15) is 11.5 Å². The molecule has 0 aliphatic heterocycles. The summed E-state index contributed by atoms with van der Waals surface area (Å²) in [5, 5.41) is 0.908. The summed E-state index contributed by atoms with van der Waals surface area (Å²) in [5.74, 6) is 1.54. The van der Waals surface area contributed by atoms with E-state index in [1.54, 1.807) is 7.11 Å². The van der Waals surface area contributed by atoms with Gasteiger partial charge in [-0.3, -0.25) is 0 Å². The van der Waals surface area contributed by atoms with Crippen LogP contribution in [0.1, 0.15) is 0 Å². The van der Waals surface area contributed by atoms with Gasteiger partial charge in [-0.05, 0) is 48.2 Å². The summed E-state index contributed by atoms with van der Waals surface area (Å²) in [5.41, 5.74) is -2.32. The molecule has 0 bridgehead atoms. The summed E-state index contributed by atoms with van der Waals surface area (Å²) in [4.78, 5) is 0. The molecule has 1 unspecified atom stereocenters. The van der Waals surface area contributed by atoms with E-state index in [0.29, 0.717) is 0 Å². The highest BCUT2D eigenvalue weighted by Gasteiger charge is 2.16. The van der Waals surface area contributed by atoms with Crippen LogP contribution >= 0.6 is 17.7 Å². The number of para-hydroxylation sites is 1. The van der Waals surface area contributed by atoms with Crippen LogP contribution in [0.5, 0.6) is 11.5 Å². The molecular weight excluding hydrogens is 283 g/mol. The van der Waals surface area contributed by atoms with E-state index in [1.807, 2.05) is 54.6 Å². The minimum Gasteiger partial charge on any atom is -0.497 e. The number of ether oxygens (including phenoxy) is 1. The largest absolute Gasteiger partial charge is 0.497 e. The first-order valence-corrected chi connectivity index (χ1v) is 9.21. The molecule has 5 heteroatoms. The van der Waals surface area contributed by atoms with Crippen molar-refractivity contribution in [1.29, 1.82) is 0 Å². The van der Waals surface area contributed by atoms with Gasteiger partial charge in [0.15, 0.2) is 5.47 Å². The zero-order valence-corrected chi connectivity index (χ0v) is 12.4. The lowest BCUT2D eigenvalue weighted by molar-refractivity contribution is 0.415. The van der Waals surface area contributed by atoms with Crippen LogP contribution < -0.4 is 14.6 Å². The van der Waals surface area contributed by atoms with Crippen molar-refractivity contribution in [2.24, 2.45) is 0 Å². The third-order valence-corrected chi connectivity index (χ3v) is 5.57. The number of thiol groups is 1. The molecule has 94 valence electrons. The van der Waals surface area contributed by atoms with E-state index in [4.69, 9.17) is 21.1 Å². The minimum absolute atomic E-state index is 0.742. The van der Waals surface area contributed by atoms with Crippen LogP contribution in [0, 0.1) is 0 Å². The Kier molecular flexibility index (Phi) is 4.33. The molecule has 0 heterocycles. The van der Waals surface area contributed by atoms with Gasteiger partial charge in [-0.1, -0.05) is 30.4 Å². The van der Waals surface area contributed by atoms with Crippen LogP contribution in [-0.4, -0.2) is 7.11 Å². The molecule has 2 rings (SSSR count). The smallest absolute Gasteiger partial charge is 0.193 e. The molecule has 0 fully saturated rings. The van der Waals surface area contributed by atoms with Crippen molar-refractivity contribution < 1.29 is 9.26 Å². The maximum atomic E-state index is 5.81. The van der Waals surface area contributed by atoms with Crippen LogP contribution in [0.25, 0.3) is 0 Å². The third kappa shape index (κ3) is 3.29. The molecule has 0 aromatic heterocycles. The van der Waals surface area contributed by atoms with Crippen LogP contribution in [0.4, 0.5) is 0 Å². The molecular formula is C13H13O2PS2. The van der Waals surface area contributed by atoms with Gasteiger partial charge in [0.2, 0.25) is 0 Å². The fourth-order valence-corrected chi connectivity index (χ4v) is 3.79. The maximum absolute atomic E-state index is 5.81. The van der Waals surface area contributed by atoms with E-state index < -0.39 is 5.47 Å². The quantitative estimate of drug-likeness (QED) is 0.686. The van der Waals surface area contributed by atoms with Gasteiger partial charge in [-0.25, -0.2) is 0 Å². The molecule has 18 heavy (non-hydrogen) atoms. The SMILES string of the molecule is COc1ccc(P(=S)(S)Oc2ccccc2)cc1. The van der Waals surface area contributed by atoms with Crippen molar-refractivity contribution in [3.63, 3.8) is 0 Å². The van der Waals surface area contributed by atoms with Crippen molar-refractivity contribution in [3.05, 3.63) is 54.6 Å².